The standard InChI is InChI=1S/C13H18ClN3O2/c1-17(9-4-2-3-5-10(9)18)13(19)8-6-11(14)16-12(15)7-8/h6-7,9-10,18H,2-5H2,1H3,(H2,15,16). The van der Waals surface area contributed by atoms with Gasteiger partial charge in [-0.25, -0.2) is 4.98 Å². The number of hydrogen-bond acceptors (Lipinski definition) is 4. The molecule has 19 heavy (non-hydrogen) atoms. The van der Waals surface area contributed by atoms with Crippen molar-refractivity contribution in [3.63, 3.8) is 0 Å². The predicted octanol–water partition coefficient (Wildman–Crippen LogP) is 1.69. The zero-order valence-corrected chi connectivity index (χ0v) is 11.6. The Hall–Kier alpha value is -1.33. The lowest BCUT2D eigenvalue weighted by Gasteiger charge is -2.35. The minimum absolute atomic E-state index is 0.144. The van der Waals surface area contributed by atoms with Crippen LogP contribution in [0.2, 0.25) is 5.15 Å². The number of nitrogen functional groups attached to an aromatic ring is 1. The molecule has 1 aliphatic carbocycles. The van der Waals surface area contributed by atoms with Crippen molar-refractivity contribution in [1.82, 2.24) is 9.88 Å². The second-order valence-electron chi connectivity index (χ2n) is 4.94. The van der Waals surface area contributed by atoms with E-state index < -0.39 is 6.10 Å². The molecule has 1 fully saturated rings. The number of hydrogen-bond donors (Lipinski definition) is 2. The monoisotopic (exact) mass is 283 g/mol. The average molecular weight is 284 g/mol. The third kappa shape index (κ3) is 3.16. The Bertz CT molecular complexity index is 461. The summed E-state index contributed by atoms with van der Waals surface area (Å²) in [7, 11) is 1.70. The lowest BCUT2D eigenvalue weighted by atomic mass is 9.91. The molecule has 104 valence electrons. The molecule has 1 saturated carbocycles. The Morgan fingerprint density at radius 1 is 1.47 bits per heavy atom. The molecule has 0 aliphatic heterocycles. The van der Waals surface area contributed by atoms with Crippen LogP contribution in [0.5, 0.6) is 0 Å². The topological polar surface area (TPSA) is 79.5 Å². The van der Waals surface area contributed by atoms with E-state index in [1.165, 1.54) is 12.1 Å². The first-order chi connectivity index (χ1) is 8.99. The van der Waals surface area contributed by atoms with Gasteiger partial charge in [0, 0.05) is 12.6 Å². The fraction of sp³-hybridized carbons (Fsp3) is 0.538. The van der Waals surface area contributed by atoms with Crippen LogP contribution in [0.1, 0.15) is 36.0 Å². The summed E-state index contributed by atoms with van der Waals surface area (Å²) in [6, 6.07) is 2.85. The van der Waals surface area contributed by atoms with Crippen LogP contribution in [0.25, 0.3) is 0 Å². The van der Waals surface area contributed by atoms with Crippen molar-refractivity contribution in [3.05, 3.63) is 22.8 Å². The number of pyridine rings is 1. The van der Waals surface area contributed by atoms with Gasteiger partial charge in [0.1, 0.15) is 11.0 Å². The molecule has 0 radical (unpaired) electrons. The molecule has 5 nitrogen and oxygen atoms in total. The van der Waals surface area contributed by atoms with E-state index in [1.807, 2.05) is 0 Å². The highest BCUT2D eigenvalue weighted by molar-refractivity contribution is 6.29. The van der Waals surface area contributed by atoms with E-state index >= 15 is 0 Å². The molecule has 0 bridgehead atoms. The summed E-state index contributed by atoms with van der Waals surface area (Å²) < 4.78 is 0. The van der Waals surface area contributed by atoms with Gasteiger partial charge >= 0.3 is 0 Å². The van der Waals surface area contributed by atoms with Crippen molar-refractivity contribution in [2.45, 2.75) is 37.8 Å². The zero-order valence-electron chi connectivity index (χ0n) is 10.8. The van der Waals surface area contributed by atoms with Crippen LogP contribution >= 0.6 is 11.6 Å². The van der Waals surface area contributed by atoms with Crippen LogP contribution in [0.15, 0.2) is 12.1 Å². The summed E-state index contributed by atoms with van der Waals surface area (Å²) in [5.41, 5.74) is 5.99. The summed E-state index contributed by atoms with van der Waals surface area (Å²) in [6.07, 6.45) is 3.13. The van der Waals surface area contributed by atoms with Crippen molar-refractivity contribution in [1.29, 1.82) is 0 Å². The molecule has 0 spiro atoms. The van der Waals surface area contributed by atoms with Crippen LogP contribution in [0.3, 0.4) is 0 Å². The van der Waals surface area contributed by atoms with E-state index in [1.54, 1.807) is 11.9 Å². The molecule has 1 aromatic heterocycles. The van der Waals surface area contributed by atoms with Crippen LogP contribution in [0, 0.1) is 0 Å². The number of aromatic nitrogens is 1. The van der Waals surface area contributed by atoms with Gasteiger partial charge < -0.3 is 15.7 Å². The fourth-order valence-electron chi connectivity index (χ4n) is 2.54. The van der Waals surface area contributed by atoms with E-state index in [0.29, 0.717) is 5.56 Å². The number of nitrogens with two attached hydrogens (primary N) is 1. The van der Waals surface area contributed by atoms with Crippen molar-refractivity contribution < 1.29 is 9.90 Å². The van der Waals surface area contributed by atoms with E-state index in [-0.39, 0.29) is 22.9 Å². The molecular formula is C13H18ClN3O2. The number of aliphatic hydroxyl groups is 1. The third-order valence-electron chi connectivity index (χ3n) is 3.57. The zero-order chi connectivity index (χ0) is 14.0. The lowest BCUT2D eigenvalue weighted by molar-refractivity contribution is 0.0268. The second-order valence-corrected chi connectivity index (χ2v) is 5.33. The maximum absolute atomic E-state index is 12.4. The molecule has 2 rings (SSSR count). The second kappa shape index (κ2) is 5.75. The maximum Gasteiger partial charge on any atom is 0.254 e. The Morgan fingerprint density at radius 2 is 2.16 bits per heavy atom. The predicted molar refractivity (Wildman–Crippen MR) is 74.0 cm³/mol. The van der Waals surface area contributed by atoms with Crippen LogP contribution in [-0.2, 0) is 0 Å². The number of amides is 1. The van der Waals surface area contributed by atoms with Gasteiger partial charge in [-0.2, -0.15) is 0 Å². The smallest absolute Gasteiger partial charge is 0.254 e. The molecule has 2 unspecified atom stereocenters. The fourth-order valence-corrected chi connectivity index (χ4v) is 2.75. The van der Waals surface area contributed by atoms with Gasteiger partial charge in [-0.05, 0) is 25.0 Å². The Labute approximate surface area is 117 Å². The first kappa shape index (κ1) is 14.1. The van der Waals surface area contributed by atoms with Gasteiger partial charge in [0.05, 0.1) is 12.1 Å². The van der Waals surface area contributed by atoms with E-state index in [0.717, 1.165) is 25.7 Å². The third-order valence-corrected chi connectivity index (χ3v) is 3.77. The van der Waals surface area contributed by atoms with Crippen LogP contribution in [0.4, 0.5) is 5.82 Å². The quantitative estimate of drug-likeness (QED) is 0.810. The number of nitrogens with zero attached hydrogens (tertiary/aromatic N) is 2. The summed E-state index contributed by atoms with van der Waals surface area (Å²) in [6.45, 7) is 0. The molecular weight excluding hydrogens is 266 g/mol. The van der Waals surface area contributed by atoms with E-state index in [9.17, 15) is 9.90 Å². The lowest BCUT2D eigenvalue weighted by Crippen LogP contribution is -2.46. The normalized spacial score (nSPS) is 23.1. The highest BCUT2D eigenvalue weighted by Crippen LogP contribution is 2.24. The van der Waals surface area contributed by atoms with E-state index in [2.05, 4.69) is 4.98 Å². The minimum atomic E-state index is -0.461. The number of anilines is 1. The largest absolute Gasteiger partial charge is 0.391 e. The first-order valence-corrected chi connectivity index (χ1v) is 6.75. The number of carbonyl (C=O) groups excluding carboxylic acids is 1. The Balaban J connectivity index is 2.18. The molecule has 0 aromatic carbocycles. The molecule has 1 aliphatic rings. The Morgan fingerprint density at radius 3 is 2.79 bits per heavy atom. The van der Waals surface area contributed by atoms with Crippen molar-refractivity contribution in [2.24, 2.45) is 0 Å². The number of rotatable bonds is 2. The maximum atomic E-state index is 12.4. The van der Waals surface area contributed by atoms with Crippen molar-refractivity contribution >= 4 is 23.3 Å². The first-order valence-electron chi connectivity index (χ1n) is 6.37. The van der Waals surface area contributed by atoms with Crippen molar-refractivity contribution in [2.75, 3.05) is 12.8 Å². The number of halogens is 1. The molecule has 3 N–H and O–H groups in total. The molecule has 2 atom stereocenters. The highest BCUT2D eigenvalue weighted by Gasteiger charge is 2.30. The molecule has 0 saturated heterocycles. The Kier molecular flexibility index (Phi) is 4.27. The van der Waals surface area contributed by atoms with Gasteiger partial charge in [0.25, 0.3) is 5.91 Å². The van der Waals surface area contributed by atoms with Crippen LogP contribution in [-0.4, -0.2) is 40.1 Å². The number of carbonyl (C=O) groups is 1. The average Bonchev–Trinajstić information content (AvgIpc) is 2.36. The van der Waals surface area contributed by atoms with Crippen molar-refractivity contribution in [3.8, 4) is 0 Å². The van der Waals surface area contributed by atoms with E-state index in [4.69, 9.17) is 17.3 Å². The summed E-state index contributed by atoms with van der Waals surface area (Å²) >= 11 is 5.80. The number of aliphatic hydroxyl groups excluding tert-OH is 1. The summed E-state index contributed by atoms with van der Waals surface area (Å²) in [5.74, 6) is 0.0235. The van der Waals surface area contributed by atoms with Crippen LogP contribution < -0.4 is 5.73 Å². The van der Waals surface area contributed by atoms with Gasteiger partial charge in [-0.15, -0.1) is 0 Å². The molecule has 6 heteroatoms. The summed E-state index contributed by atoms with van der Waals surface area (Å²) in [5, 5.41) is 10.2. The van der Waals surface area contributed by atoms with Gasteiger partial charge in [-0.3, -0.25) is 4.79 Å². The molecule has 1 heterocycles. The minimum Gasteiger partial charge on any atom is -0.391 e. The summed E-state index contributed by atoms with van der Waals surface area (Å²) in [4.78, 5) is 17.8. The van der Waals surface area contributed by atoms with Gasteiger partial charge in [0.15, 0.2) is 0 Å². The highest BCUT2D eigenvalue weighted by atomic mass is 35.5. The SMILES string of the molecule is CN(C(=O)c1cc(N)nc(Cl)c1)C1CCCCC1O. The van der Waals surface area contributed by atoms with Gasteiger partial charge in [-0.1, -0.05) is 24.4 Å². The number of likely N-dealkylation sites (N-methyl/N-ethyl adjacent to an activating group) is 1. The van der Waals surface area contributed by atoms with Gasteiger partial charge in [0.2, 0.25) is 0 Å². The molecule has 1 aromatic rings. The molecule has 1 amide bonds.